The van der Waals surface area contributed by atoms with Crippen molar-refractivity contribution in [3.8, 4) is 0 Å². The van der Waals surface area contributed by atoms with Crippen molar-refractivity contribution < 1.29 is 9.18 Å². The number of nitrogen functional groups attached to an aromatic ring is 1. The average Bonchev–Trinajstić information content (AvgIpc) is 2.60. The van der Waals surface area contributed by atoms with Gasteiger partial charge in [-0.15, -0.1) is 6.58 Å². The normalized spacial score (nSPS) is 20.2. The second kappa shape index (κ2) is 3.96. The molecule has 1 saturated heterocycles. The van der Waals surface area contributed by atoms with Gasteiger partial charge in [-0.3, -0.25) is 4.79 Å². The third kappa shape index (κ3) is 1.66. The minimum atomic E-state index is -0.460. The summed E-state index contributed by atoms with van der Waals surface area (Å²) in [5.41, 5.74) is 6.17. The highest BCUT2D eigenvalue weighted by molar-refractivity contribution is 5.98. The number of nitrogens with two attached hydrogens (primary N) is 1. The van der Waals surface area contributed by atoms with E-state index in [9.17, 15) is 9.18 Å². The molecular formula is C12H13FN2O. The maximum Gasteiger partial charge on any atom is 0.227 e. The van der Waals surface area contributed by atoms with Crippen LogP contribution in [0.25, 0.3) is 0 Å². The maximum atomic E-state index is 13.6. The SMILES string of the molecule is C=CC1CC(=O)N(c2c(N)cccc2F)C1. The van der Waals surface area contributed by atoms with Crippen LogP contribution in [0.5, 0.6) is 0 Å². The van der Waals surface area contributed by atoms with Crippen LogP contribution in [0, 0.1) is 11.7 Å². The summed E-state index contributed by atoms with van der Waals surface area (Å²) in [6.07, 6.45) is 2.09. The smallest absolute Gasteiger partial charge is 0.227 e. The number of para-hydroxylation sites is 1. The van der Waals surface area contributed by atoms with Gasteiger partial charge in [-0.1, -0.05) is 12.1 Å². The summed E-state index contributed by atoms with van der Waals surface area (Å²) in [6, 6.07) is 4.42. The second-order valence-corrected chi connectivity index (χ2v) is 3.88. The first kappa shape index (κ1) is 10.7. The Bertz CT molecular complexity index is 424. The first-order valence-corrected chi connectivity index (χ1v) is 5.10. The van der Waals surface area contributed by atoms with Crippen molar-refractivity contribution in [1.29, 1.82) is 0 Å². The fourth-order valence-electron chi connectivity index (χ4n) is 1.93. The van der Waals surface area contributed by atoms with Crippen LogP contribution in [-0.4, -0.2) is 12.5 Å². The van der Waals surface area contributed by atoms with E-state index in [1.807, 2.05) is 0 Å². The molecule has 1 fully saturated rings. The van der Waals surface area contributed by atoms with Gasteiger partial charge in [0.25, 0.3) is 0 Å². The van der Waals surface area contributed by atoms with Gasteiger partial charge in [0.2, 0.25) is 5.91 Å². The molecule has 1 heterocycles. The molecule has 1 aromatic rings. The fourth-order valence-corrected chi connectivity index (χ4v) is 1.93. The number of hydrogen-bond donors (Lipinski definition) is 1. The Morgan fingerprint density at radius 2 is 2.31 bits per heavy atom. The van der Waals surface area contributed by atoms with Gasteiger partial charge in [-0.2, -0.15) is 0 Å². The van der Waals surface area contributed by atoms with E-state index in [0.717, 1.165) is 0 Å². The zero-order valence-corrected chi connectivity index (χ0v) is 8.82. The first-order chi connectivity index (χ1) is 7.63. The van der Waals surface area contributed by atoms with E-state index in [1.165, 1.54) is 17.0 Å². The standard InChI is InChI=1S/C12H13FN2O/c1-2-8-6-11(16)15(7-8)12-9(13)4-3-5-10(12)14/h2-5,8H,1,6-7,14H2. The molecule has 0 radical (unpaired) electrons. The zero-order valence-electron chi connectivity index (χ0n) is 8.82. The Hall–Kier alpha value is -1.84. The molecule has 1 aromatic carbocycles. The largest absolute Gasteiger partial charge is 0.397 e. The molecule has 4 heteroatoms. The van der Waals surface area contributed by atoms with E-state index >= 15 is 0 Å². The molecule has 1 amide bonds. The van der Waals surface area contributed by atoms with E-state index in [1.54, 1.807) is 12.1 Å². The predicted octanol–water partition coefficient (Wildman–Crippen LogP) is 1.95. The molecule has 0 aromatic heterocycles. The number of nitrogens with zero attached hydrogens (tertiary/aromatic N) is 1. The lowest BCUT2D eigenvalue weighted by Crippen LogP contribution is -2.26. The Kier molecular flexibility index (Phi) is 2.64. The molecule has 1 aliphatic heterocycles. The van der Waals surface area contributed by atoms with Crippen molar-refractivity contribution in [1.82, 2.24) is 0 Å². The lowest BCUT2D eigenvalue weighted by molar-refractivity contribution is -0.117. The van der Waals surface area contributed by atoms with Crippen molar-refractivity contribution in [2.75, 3.05) is 17.2 Å². The molecule has 16 heavy (non-hydrogen) atoms. The summed E-state index contributed by atoms with van der Waals surface area (Å²) < 4.78 is 13.6. The number of rotatable bonds is 2. The molecule has 2 N–H and O–H groups in total. The number of carbonyl (C=O) groups is 1. The van der Waals surface area contributed by atoms with Crippen LogP contribution in [-0.2, 0) is 4.79 Å². The average molecular weight is 220 g/mol. The Balaban J connectivity index is 2.38. The molecule has 3 nitrogen and oxygen atoms in total. The fraction of sp³-hybridized carbons (Fsp3) is 0.250. The molecular weight excluding hydrogens is 207 g/mol. The molecule has 1 unspecified atom stereocenters. The summed E-state index contributed by atoms with van der Waals surface area (Å²) in [4.78, 5) is 13.1. The molecule has 84 valence electrons. The summed E-state index contributed by atoms with van der Waals surface area (Å²) in [7, 11) is 0. The van der Waals surface area contributed by atoms with Crippen LogP contribution in [0.4, 0.5) is 15.8 Å². The number of anilines is 2. The minimum Gasteiger partial charge on any atom is -0.397 e. The van der Waals surface area contributed by atoms with Crippen molar-refractivity contribution in [3.63, 3.8) is 0 Å². The Morgan fingerprint density at radius 3 is 2.88 bits per heavy atom. The predicted molar refractivity (Wildman–Crippen MR) is 61.5 cm³/mol. The number of hydrogen-bond acceptors (Lipinski definition) is 2. The monoisotopic (exact) mass is 220 g/mol. The molecule has 0 aliphatic carbocycles. The number of benzene rings is 1. The van der Waals surface area contributed by atoms with Crippen LogP contribution < -0.4 is 10.6 Å². The van der Waals surface area contributed by atoms with E-state index in [4.69, 9.17) is 5.73 Å². The van der Waals surface area contributed by atoms with Crippen molar-refractivity contribution in [2.24, 2.45) is 5.92 Å². The van der Waals surface area contributed by atoms with Gasteiger partial charge in [0, 0.05) is 18.9 Å². The van der Waals surface area contributed by atoms with Gasteiger partial charge < -0.3 is 10.6 Å². The van der Waals surface area contributed by atoms with Crippen LogP contribution in [0.3, 0.4) is 0 Å². The minimum absolute atomic E-state index is 0.0755. The summed E-state index contributed by atoms with van der Waals surface area (Å²) in [5.74, 6) is -0.494. The van der Waals surface area contributed by atoms with Gasteiger partial charge in [-0.25, -0.2) is 4.39 Å². The molecule has 1 aliphatic rings. The Morgan fingerprint density at radius 1 is 1.56 bits per heavy atom. The summed E-state index contributed by atoms with van der Waals surface area (Å²) >= 11 is 0. The summed E-state index contributed by atoms with van der Waals surface area (Å²) in [5, 5.41) is 0. The van der Waals surface area contributed by atoms with Gasteiger partial charge in [0.1, 0.15) is 11.5 Å². The lowest BCUT2D eigenvalue weighted by Gasteiger charge is -2.18. The van der Waals surface area contributed by atoms with Crippen LogP contribution in [0.2, 0.25) is 0 Å². The summed E-state index contributed by atoms with van der Waals surface area (Å²) in [6.45, 7) is 4.10. The number of carbonyl (C=O) groups excluding carboxylic acids is 1. The van der Waals surface area contributed by atoms with Crippen molar-refractivity contribution >= 4 is 17.3 Å². The van der Waals surface area contributed by atoms with Gasteiger partial charge in [0.15, 0.2) is 0 Å². The number of amides is 1. The van der Waals surface area contributed by atoms with Gasteiger partial charge in [0.05, 0.1) is 5.69 Å². The van der Waals surface area contributed by atoms with E-state index in [2.05, 4.69) is 6.58 Å². The topological polar surface area (TPSA) is 46.3 Å². The highest BCUT2D eigenvalue weighted by Crippen LogP contribution is 2.32. The highest BCUT2D eigenvalue weighted by atomic mass is 19.1. The molecule has 0 bridgehead atoms. The zero-order chi connectivity index (χ0) is 11.7. The van der Waals surface area contributed by atoms with E-state index in [-0.39, 0.29) is 23.2 Å². The quantitative estimate of drug-likeness (QED) is 0.611. The second-order valence-electron chi connectivity index (χ2n) is 3.88. The van der Waals surface area contributed by atoms with E-state index in [0.29, 0.717) is 13.0 Å². The van der Waals surface area contributed by atoms with Crippen LogP contribution in [0.1, 0.15) is 6.42 Å². The Labute approximate surface area is 93.4 Å². The first-order valence-electron chi connectivity index (χ1n) is 5.10. The third-order valence-electron chi connectivity index (χ3n) is 2.78. The maximum absolute atomic E-state index is 13.6. The van der Waals surface area contributed by atoms with Gasteiger partial charge in [-0.05, 0) is 12.1 Å². The molecule has 1 atom stereocenters. The van der Waals surface area contributed by atoms with Crippen molar-refractivity contribution in [3.05, 3.63) is 36.7 Å². The third-order valence-corrected chi connectivity index (χ3v) is 2.78. The van der Waals surface area contributed by atoms with Crippen LogP contribution in [0.15, 0.2) is 30.9 Å². The van der Waals surface area contributed by atoms with Gasteiger partial charge >= 0.3 is 0 Å². The van der Waals surface area contributed by atoms with Crippen molar-refractivity contribution in [2.45, 2.75) is 6.42 Å². The highest BCUT2D eigenvalue weighted by Gasteiger charge is 2.31. The molecule has 0 spiro atoms. The lowest BCUT2D eigenvalue weighted by atomic mass is 10.1. The van der Waals surface area contributed by atoms with E-state index < -0.39 is 5.82 Å². The number of halogens is 1. The van der Waals surface area contributed by atoms with Crippen LogP contribution >= 0.6 is 0 Å². The molecule has 2 rings (SSSR count). The molecule has 0 saturated carbocycles.